The van der Waals surface area contributed by atoms with Gasteiger partial charge in [0.25, 0.3) is 0 Å². The van der Waals surface area contributed by atoms with E-state index in [1.807, 2.05) is 0 Å². The van der Waals surface area contributed by atoms with Gasteiger partial charge >= 0.3 is 5.97 Å². The zero-order chi connectivity index (χ0) is 14.0. The molecule has 1 rings (SSSR count). The van der Waals surface area contributed by atoms with E-state index in [1.54, 1.807) is 0 Å². The highest BCUT2D eigenvalue weighted by Crippen LogP contribution is 2.23. The smallest absolute Gasteiger partial charge is 0.324 e. The highest BCUT2D eigenvalue weighted by atomic mass is 32.2. The van der Waals surface area contributed by atoms with Crippen molar-refractivity contribution in [3.8, 4) is 12.3 Å². The second-order valence-corrected chi connectivity index (χ2v) is 6.58. The predicted octanol–water partition coefficient (Wildman–Crippen LogP) is 0.476. The molecule has 6 nitrogen and oxygen atoms in total. The Morgan fingerprint density at radius 1 is 1.67 bits per heavy atom. The number of carboxylic acid groups (broad SMARTS) is 1. The normalized spacial score (nSPS) is 14.7. The molecule has 1 N–H and O–H groups in total. The van der Waals surface area contributed by atoms with E-state index in [9.17, 15) is 13.2 Å². The summed E-state index contributed by atoms with van der Waals surface area (Å²) in [6, 6.07) is 1.48. The Kier molecular flexibility index (Phi) is 3.82. The Labute approximate surface area is 105 Å². The van der Waals surface area contributed by atoms with E-state index < -0.39 is 20.6 Å². The fourth-order valence-corrected chi connectivity index (χ4v) is 2.11. The summed E-state index contributed by atoms with van der Waals surface area (Å²) >= 11 is 0. The second kappa shape index (κ2) is 4.82. The molecule has 1 atom stereocenters. The molecule has 0 saturated heterocycles. The topological polar surface area (TPSA) is 97.5 Å². The first-order chi connectivity index (χ1) is 8.20. The number of aliphatic carboxylic acids is 1. The highest BCUT2D eigenvalue weighted by Gasteiger charge is 2.43. The molecule has 0 aliphatic carbocycles. The molecule has 1 unspecified atom stereocenters. The van der Waals surface area contributed by atoms with Crippen molar-refractivity contribution in [1.82, 2.24) is 5.16 Å². The van der Waals surface area contributed by atoms with Crippen molar-refractivity contribution in [2.75, 3.05) is 6.26 Å². The average molecular weight is 271 g/mol. The van der Waals surface area contributed by atoms with Crippen LogP contribution in [0.3, 0.4) is 0 Å². The number of aromatic nitrogens is 1. The number of carboxylic acids is 1. The Morgan fingerprint density at radius 3 is 2.67 bits per heavy atom. The molecule has 98 valence electrons. The zero-order valence-electron chi connectivity index (χ0n) is 10.0. The molecule has 0 amide bonds. The minimum Gasteiger partial charge on any atom is -0.480 e. The molecule has 1 aromatic rings. The largest absolute Gasteiger partial charge is 0.480 e. The number of nitrogens with zero attached hydrogens (tertiary/aromatic N) is 1. The Balaban J connectivity index is 2.89. The summed E-state index contributed by atoms with van der Waals surface area (Å²) in [6.07, 6.45) is 6.04. The minimum atomic E-state index is -3.73. The SMILES string of the molecule is C#Cc1cc(CCC(C)(C(=O)O)S(C)(=O)=O)no1. The summed E-state index contributed by atoms with van der Waals surface area (Å²) in [5.74, 6) is 1.07. The third kappa shape index (κ3) is 2.71. The van der Waals surface area contributed by atoms with Crippen LogP contribution in [-0.2, 0) is 21.1 Å². The third-order valence-electron chi connectivity index (χ3n) is 2.83. The molecule has 0 aromatic carbocycles. The van der Waals surface area contributed by atoms with Crippen LogP contribution in [0.15, 0.2) is 10.6 Å². The van der Waals surface area contributed by atoms with Gasteiger partial charge in [0, 0.05) is 12.3 Å². The van der Waals surface area contributed by atoms with Crippen molar-refractivity contribution in [2.45, 2.75) is 24.5 Å². The van der Waals surface area contributed by atoms with Crippen molar-refractivity contribution in [2.24, 2.45) is 0 Å². The van der Waals surface area contributed by atoms with Crippen LogP contribution < -0.4 is 0 Å². The molecular formula is C11H13NO5S. The predicted molar refractivity (Wildman–Crippen MR) is 63.6 cm³/mol. The molecule has 0 bridgehead atoms. The van der Waals surface area contributed by atoms with E-state index in [0.29, 0.717) is 5.69 Å². The van der Waals surface area contributed by atoms with Crippen LogP contribution >= 0.6 is 0 Å². The molecule has 0 spiro atoms. The highest BCUT2D eigenvalue weighted by molar-refractivity contribution is 7.92. The number of hydrogen-bond acceptors (Lipinski definition) is 5. The third-order valence-corrected chi connectivity index (χ3v) is 4.85. The summed E-state index contributed by atoms with van der Waals surface area (Å²) < 4.78 is 25.9. The van der Waals surface area contributed by atoms with Crippen molar-refractivity contribution >= 4 is 15.8 Å². The molecule has 0 aliphatic heterocycles. The van der Waals surface area contributed by atoms with Gasteiger partial charge in [0.1, 0.15) is 0 Å². The number of aryl methyl sites for hydroxylation is 1. The summed E-state index contributed by atoms with van der Waals surface area (Å²) in [7, 11) is -3.73. The van der Waals surface area contributed by atoms with Gasteiger partial charge in [-0.05, 0) is 25.7 Å². The summed E-state index contributed by atoms with van der Waals surface area (Å²) in [4.78, 5) is 11.1. The van der Waals surface area contributed by atoms with Crippen molar-refractivity contribution in [3.05, 3.63) is 17.5 Å². The van der Waals surface area contributed by atoms with Crippen LogP contribution in [0.25, 0.3) is 0 Å². The molecule has 18 heavy (non-hydrogen) atoms. The van der Waals surface area contributed by atoms with E-state index >= 15 is 0 Å². The van der Waals surface area contributed by atoms with Crippen LogP contribution in [-0.4, -0.2) is 35.7 Å². The lowest BCUT2D eigenvalue weighted by Gasteiger charge is -2.21. The van der Waals surface area contributed by atoms with Gasteiger partial charge in [0.05, 0.1) is 5.69 Å². The Bertz CT molecular complexity index is 595. The van der Waals surface area contributed by atoms with Gasteiger partial charge in [-0.1, -0.05) is 5.16 Å². The average Bonchev–Trinajstić information content (AvgIpc) is 2.71. The number of hydrogen-bond donors (Lipinski definition) is 1. The molecule has 0 radical (unpaired) electrons. The van der Waals surface area contributed by atoms with Gasteiger partial charge in [-0.3, -0.25) is 4.79 Å². The lowest BCUT2D eigenvalue weighted by Crippen LogP contribution is -2.43. The number of rotatable bonds is 5. The quantitative estimate of drug-likeness (QED) is 0.782. The minimum absolute atomic E-state index is 0.0995. The standard InChI is InChI=1S/C11H13NO5S/c1-4-9-7-8(12-17-9)5-6-11(2,10(13)14)18(3,15)16/h1,7H,5-6H2,2-3H3,(H,13,14). The van der Waals surface area contributed by atoms with Gasteiger partial charge in [-0.2, -0.15) is 0 Å². The van der Waals surface area contributed by atoms with E-state index in [2.05, 4.69) is 11.1 Å². The van der Waals surface area contributed by atoms with Crippen LogP contribution in [0.4, 0.5) is 0 Å². The first-order valence-electron chi connectivity index (χ1n) is 5.06. The number of sulfone groups is 1. The lowest BCUT2D eigenvalue weighted by molar-refractivity contribution is -0.139. The molecule has 1 aromatic heterocycles. The number of carbonyl (C=O) groups is 1. The first-order valence-corrected chi connectivity index (χ1v) is 6.95. The Morgan fingerprint density at radius 2 is 2.28 bits per heavy atom. The molecule has 0 saturated carbocycles. The van der Waals surface area contributed by atoms with E-state index in [4.69, 9.17) is 16.1 Å². The molecule has 7 heteroatoms. The van der Waals surface area contributed by atoms with Gasteiger partial charge < -0.3 is 9.63 Å². The maximum Gasteiger partial charge on any atom is 0.324 e. The van der Waals surface area contributed by atoms with Crippen molar-refractivity contribution in [3.63, 3.8) is 0 Å². The van der Waals surface area contributed by atoms with Gasteiger partial charge in [-0.15, -0.1) is 6.42 Å². The lowest BCUT2D eigenvalue weighted by atomic mass is 10.0. The van der Waals surface area contributed by atoms with E-state index in [1.165, 1.54) is 13.0 Å². The zero-order valence-corrected chi connectivity index (χ0v) is 10.8. The summed E-state index contributed by atoms with van der Waals surface area (Å²) in [5, 5.41) is 12.7. The first kappa shape index (κ1) is 14.3. The summed E-state index contributed by atoms with van der Waals surface area (Å²) in [5.41, 5.74) is 0.430. The van der Waals surface area contributed by atoms with Crippen LogP contribution in [0.5, 0.6) is 0 Å². The number of terminal acetylenes is 1. The van der Waals surface area contributed by atoms with Crippen molar-refractivity contribution < 1.29 is 22.8 Å². The van der Waals surface area contributed by atoms with Gasteiger partial charge in [0.2, 0.25) is 5.76 Å². The molecular weight excluding hydrogens is 258 g/mol. The van der Waals surface area contributed by atoms with Crippen LogP contribution in [0, 0.1) is 12.3 Å². The van der Waals surface area contributed by atoms with Crippen molar-refractivity contribution in [1.29, 1.82) is 0 Å². The van der Waals surface area contributed by atoms with E-state index in [0.717, 1.165) is 6.26 Å². The molecule has 0 aliphatic rings. The van der Waals surface area contributed by atoms with E-state index in [-0.39, 0.29) is 18.6 Å². The monoisotopic (exact) mass is 271 g/mol. The van der Waals surface area contributed by atoms with Crippen LogP contribution in [0.1, 0.15) is 24.8 Å². The molecule has 1 heterocycles. The fraction of sp³-hybridized carbons (Fsp3) is 0.455. The van der Waals surface area contributed by atoms with Gasteiger partial charge in [0.15, 0.2) is 14.6 Å². The second-order valence-electron chi connectivity index (χ2n) is 4.14. The molecule has 0 fully saturated rings. The van der Waals surface area contributed by atoms with Gasteiger partial charge in [-0.25, -0.2) is 8.42 Å². The van der Waals surface area contributed by atoms with Crippen LogP contribution in [0.2, 0.25) is 0 Å². The maximum atomic E-state index is 11.5. The maximum absolute atomic E-state index is 11.5. The summed E-state index contributed by atoms with van der Waals surface area (Å²) in [6.45, 7) is 1.17. The Hall–Kier alpha value is -1.81. The fourth-order valence-electron chi connectivity index (χ4n) is 1.32.